The largest absolute Gasteiger partial charge is 0.393 e. The van der Waals surface area contributed by atoms with Crippen LogP contribution in [0.2, 0.25) is 0 Å². The fourth-order valence-corrected chi connectivity index (χ4v) is 8.43. The molecule has 0 heterocycles. The van der Waals surface area contributed by atoms with Crippen molar-refractivity contribution in [1.82, 2.24) is 0 Å². The number of allylic oxidation sites excluding steroid dienone is 2. The summed E-state index contributed by atoms with van der Waals surface area (Å²) >= 11 is 0. The van der Waals surface area contributed by atoms with Crippen molar-refractivity contribution in [3.63, 3.8) is 0 Å². The third kappa shape index (κ3) is 1.95. The van der Waals surface area contributed by atoms with Crippen LogP contribution in [0.1, 0.15) is 77.6 Å². The van der Waals surface area contributed by atoms with E-state index < -0.39 is 0 Å². The summed E-state index contributed by atoms with van der Waals surface area (Å²) in [5, 5.41) is 10.2. The normalized spacial score (nSPS) is 58.0. The second-order valence-electron chi connectivity index (χ2n) is 9.99. The average molecular weight is 315 g/mol. The highest BCUT2D eigenvalue weighted by molar-refractivity contribution is 5.18. The lowest BCUT2D eigenvalue weighted by atomic mass is 9.44. The maximum atomic E-state index is 10.2. The van der Waals surface area contributed by atoms with Crippen molar-refractivity contribution in [1.29, 1.82) is 0 Å². The van der Waals surface area contributed by atoms with E-state index in [4.69, 9.17) is 0 Å². The fourth-order valence-electron chi connectivity index (χ4n) is 8.43. The smallest absolute Gasteiger partial charge is 0.0543 e. The lowest BCUT2D eigenvalue weighted by molar-refractivity contribution is -0.121. The number of hydrogen-bond acceptors (Lipinski definition) is 1. The molecule has 4 fully saturated rings. The number of hydrogen-bond donors (Lipinski definition) is 1. The van der Waals surface area contributed by atoms with Gasteiger partial charge in [-0.25, -0.2) is 0 Å². The van der Waals surface area contributed by atoms with Crippen LogP contribution in [0.15, 0.2) is 12.2 Å². The summed E-state index contributed by atoms with van der Waals surface area (Å²) < 4.78 is 0. The van der Waals surface area contributed by atoms with Gasteiger partial charge in [0.2, 0.25) is 0 Å². The van der Waals surface area contributed by atoms with Gasteiger partial charge in [0.1, 0.15) is 0 Å². The van der Waals surface area contributed by atoms with Crippen molar-refractivity contribution < 1.29 is 5.11 Å². The van der Waals surface area contributed by atoms with Crippen molar-refractivity contribution in [2.24, 2.45) is 40.4 Å². The molecule has 4 saturated carbocycles. The number of aliphatic hydroxyl groups is 1. The highest BCUT2D eigenvalue weighted by Gasteiger charge is 2.60. The van der Waals surface area contributed by atoms with E-state index in [-0.39, 0.29) is 6.10 Å². The lowest BCUT2D eigenvalue weighted by Gasteiger charge is -2.61. The molecule has 1 heteroatoms. The molecule has 0 bridgehead atoms. The molecular weight excluding hydrogens is 280 g/mol. The van der Waals surface area contributed by atoms with E-state index in [2.05, 4.69) is 19.1 Å². The zero-order valence-electron chi connectivity index (χ0n) is 14.8. The average Bonchev–Trinajstić information content (AvgIpc) is 2.95. The van der Waals surface area contributed by atoms with Gasteiger partial charge in [-0.2, -0.15) is 0 Å². The molecule has 8 atom stereocenters. The molecule has 0 saturated heterocycles. The van der Waals surface area contributed by atoms with Crippen molar-refractivity contribution in [2.45, 2.75) is 83.7 Å². The number of fused-ring (bicyclic) bond motifs is 4. The molecule has 0 aromatic heterocycles. The first-order valence-corrected chi connectivity index (χ1v) is 10.5. The van der Waals surface area contributed by atoms with E-state index in [1.54, 1.807) is 0 Å². The summed E-state index contributed by atoms with van der Waals surface area (Å²) in [6.45, 7) is 2.61. The predicted molar refractivity (Wildman–Crippen MR) is 93.9 cm³/mol. The molecule has 1 nitrogen and oxygen atoms in total. The third-order valence-corrected chi connectivity index (χ3v) is 9.51. The molecule has 128 valence electrons. The highest BCUT2D eigenvalue weighted by atomic mass is 16.3. The maximum Gasteiger partial charge on any atom is 0.0543 e. The van der Waals surface area contributed by atoms with Crippen LogP contribution in [-0.4, -0.2) is 11.2 Å². The lowest BCUT2D eigenvalue weighted by Crippen LogP contribution is -2.54. The van der Waals surface area contributed by atoms with E-state index in [9.17, 15) is 5.11 Å². The minimum Gasteiger partial charge on any atom is -0.393 e. The van der Waals surface area contributed by atoms with Gasteiger partial charge in [0.15, 0.2) is 0 Å². The van der Waals surface area contributed by atoms with E-state index in [1.807, 2.05) is 0 Å². The Balaban J connectivity index is 1.47. The van der Waals surface area contributed by atoms with Crippen LogP contribution in [0.4, 0.5) is 0 Å². The van der Waals surface area contributed by atoms with Crippen LogP contribution in [0.5, 0.6) is 0 Å². The van der Waals surface area contributed by atoms with Crippen LogP contribution in [0.25, 0.3) is 0 Å². The van der Waals surface area contributed by atoms with Crippen LogP contribution < -0.4 is 0 Å². The molecule has 1 spiro atoms. The standard InChI is InChI=1S/C22H34O/c1-21-12-9-17(23)14-16(21)5-7-18-19(21)10-13-22-11-3-2-4-15(22)6-8-20(18)22/h3,11,15-20,23H,2,4-10,12-14H2,1H3/t15-,16-,17+,18+,19-,20-,21-,22?/m0/s1. The molecule has 0 aliphatic heterocycles. The Morgan fingerprint density at radius 2 is 1.74 bits per heavy atom. The monoisotopic (exact) mass is 314 g/mol. The molecule has 0 radical (unpaired) electrons. The maximum absolute atomic E-state index is 10.2. The molecule has 5 aliphatic carbocycles. The Labute approximate surface area is 141 Å². The van der Waals surface area contributed by atoms with Gasteiger partial charge in [0, 0.05) is 0 Å². The Hall–Kier alpha value is -0.300. The Bertz CT molecular complexity index is 510. The summed E-state index contributed by atoms with van der Waals surface area (Å²) in [7, 11) is 0. The van der Waals surface area contributed by atoms with Crippen molar-refractivity contribution >= 4 is 0 Å². The Morgan fingerprint density at radius 3 is 2.65 bits per heavy atom. The molecule has 5 rings (SSSR count). The topological polar surface area (TPSA) is 20.2 Å². The van der Waals surface area contributed by atoms with Crippen molar-refractivity contribution in [3.05, 3.63) is 12.2 Å². The van der Waals surface area contributed by atoms with Crippen LogP contribution >= 0.6 is 0 Å². The molecular formula is C22H34O. The highest BCUT2D eigenvalue weighted by Crippen LogP contribution is 2.69. The van der Waals surface area contributed by atoms with Gasteiger partial charge in [0.25, 0.3) is 0 Å². The molecule has 0 aromatic carbocycles. The van der Waals surface area contributed by atoms with Gasteiger partial charge < -0.3 is 5.11 Å². The second-order valence-corrected chi connectivity index (χ2v) is 9.99. The zero-order valence-corrected chi connectivity index (χ0v) is 14.8. The van der Waals surface area contributed by atoms with Gasteiger partial charge in [-0.05, 0) is 111 Å². The summed E-state index contributed by atoms with van der Waals surface area (Å²) in [5.41, 5.74) is 1.15. The Morgan fingerprint density at radius 1 is 0.870 bits per heavy atom. The fraction of sp³-hybridized carbons (Fsp3) is 0.909. The molecule has 0 amide bonds. The van der Waals surface area contributed by atoms with Crippen LogP contribution in [-0.2, 0) is 0 Å². The van der Waals surface area contributed by atoms with Gasteiger partial charge in [-0.1, -0.05) is 19.1 Å². The van der Waals surface area contributed by atoms with Gasteiger partial charge in [0.05, 0.1) is 6.10 Å². The summed E-state index contributed by atoms with van der Waals surface area (Å²) in [4.78, 5) is 0. The number of rotatable bonds is 0. The molecule has 1 N–H and O–H groups in total. The zero-order chi connectivity index (χ0) is 15.7. The quantitative estimate of drug-likeness (QED) is 0.599. The summed E-state index contributed by atoms with van der Waals surface area (Å²) in [5.74, 6) is 4.76. The third-order valence-electron chi connectivity index (χ3n) is 9.51. The van der Waals surface area contributed by atoms with Crippen LogP contribution in [0.3, 0.4) is 0 Å². The molecule has 0 aromatic rings. The van der Waals surface area contributed by atoms with Gasteiger partial charge >= 0.3 is 0 Å². The van der Waals surface area contributed by atoms with Gasteiger partial charge in [-0.15, -0.1) is 0 Å². The van der Waals surface area contributed by atoms with Gasteiger partial charge in [-0.3, -0.25) is 0 Å². The summed E-state index contributed by atoms with van der Waals surface area (Å²) in [6.07, 6.45) is 20.3. The van der Waals surface area contributed by atoms with E-state index in [0.29, 0.717) is 10.8 Å². The minimum atomic E-state index is -0.00306. The van der Waals surface area contributed by atoms with Crippen molar-refractivity contribution in [3.8, 4) is 0 Å². The minimum absolute atomic E-state index is 0.00306. The van der Waals surface area contributed by atoms with Crippen LogP contribution in [0, 0.1) is 40.4 Å². The first kappa shape index (κ1) is 15.0. The second kappa shape index (κ2) is 5.10. The summed E-state index contributed by atoms with van der Waals surface area (Å²) in [6, 6.07) is 0. The SMILES string of the molecule is C[C@]12CC[C@@H](O)C[C@@H]1CC[C@H]1[C@@H]3CC[C@@H]4CCC=CC43CC[C@@H]12. The predicted octanol–water partition coefficient (Wildman–Crippen LogP) is 5.34. The molecule has 23 heavy (non-hydrogen) atoms. The first-order valence-electron chi connectivity index (χ1n) is 10.5. The van der Waals surface area contributed by atoms with Crippen molar-refractivity contribution in [2.75, 3.05) is 0 Å². The van der Waals surface area contributed by atoms with E-state index in [1.165, 1.54) is 57.8 Å². The first-order chi connectivity index (χ1) is 11.1. The van der Waals surface area contributed by atoms with E-state index >= 15 is 0 Å². The Kier molecular flexibility index (Phi) is 3.32. The molecule has 1 unspecified atom stereocenters. The molecule has 5 aliphatic rings. The number of aliphatic hydroxyl groups excluding tert-OH is 1. The van der Waals surface area contributed by atoms with E-state index in [0.717, 1.165) is 42.4 Å².